The van der Waals surface area contributed by atoms with Crippen LogP contribution < -0.4 is 77.8 Å². The van der Waals surface area contributed by atoms with Gasteiger partial charge in [-0.15, -0.1) is 0 Å². The van der Waals surface area contributed by atoms with Crippen LogP contribution in [0.3, 0.4) is 0 Å². The zero-order chi connectivity index (χ0) is 51.3. The molecule has 0 spiro atoms. The monoisotopic (exact) mass is 967 g/mol. The van der Waals surface area contributed by atoms with Gasteiger partial charge < -0.3 is 98.2 Å². The highest BCUT2D eigenvalue weighted by atomic mass is 16.4. The van der Waals surface area contributed by atoms with Crippen LogP contribution in [0.15, 0.2) is 34.3 Å². The lowest BCUT2D eigenvalue weighted by Gasteiger charge is -2.29. The molecular weight excluding hydrogens is 893 g/mol. The number of carboxylic acids is 1. The van der Waals surface area contributed by atoms with E-state index in [0.29, 0.717) is 24.8 Å². The molecule has 0 radical (unpaired) electrons. The number of hydrogen-bond acceptors (Lipinski definition) is 16. The summed E-state index contributed by atoms with van der Waals surface area (Å²) >= 11 is 0. The van der Waals surface area contributed by atoms with Crippen LogP contribution in [0.1, 0.15) is 76.7 Å². The van der Waals surface area contributed by atoms with E-state index in [-0.39, 0.29) is 95.3 Å². The third kappa shape index (κ3) is 23.9. The number of carboxylic acid groups (broad SMARTS) is 1. The Balaban J connectivity index is 3.35. The van der Waals surface area contributed by atoms with Crippen molar-refractivity contribution in [2.45, 2.75) is 132 Å². The number of aliphatic hydroxyl groups is 2. The number of carbonyl (C=O) groups excluding carboxylic acids is 6. The van der Waals surface area contributed by atoms with Gasteiger partial charge in [-0.25, -0.2) is 4.79 Å². The van der Waals surface area contributed by atoms with Crippen LogP contribution in [0.2, 0.25) is 0 Å². The molecule has 0 bridgehead atoms. The molecule has 27 heteroatoms. The second-order valence-electron chi connectivity index (χ2n) is 16.1. The molecule has 27 nitrogen and oxygen atoms in total. The van der Waals surface area contributed by atoms with E-state index in [1.54, 1.807) is 0 Å². The standard InChI is InChI=1S/C41H74N16O11/c1-22(58)32(57-36(64)29(10-5-17-44)53-37(65)30(20-25(60)21-51-41(48)49)55-33(61)26(45)7-6-18-50-40(46)47)38(66)54-28(9-4-16-43)34(62)52-27(8-2-3-15-42)35(63)56-31(39(67)68)19-23-11-13-24(59)14-12-23/h11-14,22,25-32,58-60H,2-10,15-21,42-45H2,1H3,(H,52,62)(H,53,65)(H,54,66)(H,55,61)(H,56,63)(H,57,64)(H,67,68)(H4,46,47,50)(H4,48,49,51)/t22-,25?,26+,27+,28+,29+,30+,31+,32+/m1/s1. The molecule has 0 saturated heterocycles. The Morgan fingerprint density at radius 2 is 1.03 bits per heavy atom. The quantitative estimate of drug-likeness (QED) is 0.0173. The van der Waals surface area contributed by atoms with Gasteiger partial charge in [0, 0.05) is 19.4 Å². The Morgan fingerprint density at radius 1 is 0.574 bits per heavy atom. The van der Waals surface area contributed by atoms with Gasteiger partial charge in [0.1, 0.15) is 42.0 Å². The molecule has 0 aliphatic carbocycles. The highest BCUT2D eigenvalue weighted by Crippen LogP contribution is 2.13. The summed E-state index contributed by atoms with van der Waals surface area (Å²) in [6.07, 6.45) is -2.12. The van der Waals surface area contributed by atoms with Gasteiger partial charge in [0.15, 0.2) is 11.9 Å². The molecule has 1 aromatic carbocycles. The largest absolute Gasteiger partial charge is 0.508 e. The highest BCUT2D eigenvalue weighted by Gasteiger charge is 2.35. The first-order chi connectivity index (χ1) is 32.1. The lowest BCUT2D eigenvalue weighted by molar-refractivity contribution is -0.142. The van der Waals surface area contributed by atoms with Crippen molar-refractivity contribution in [1.82, 2.24) is 31.9 Å². The van der Waals surface area contributed by atoms with E-state index in [1.807, 2.05) is 0 Å². The van der Waals surface area contributed by atoms with Gasteiger partial charge in [-0.1, -0.05) is 12.1 Å². The second-order valence-corrected chi connectivity index (χ2v) is 16.1. The van der Waals surface area contributed by atoms with Crippen LogP contribution in [0, 0.1) is 0 Å². The fourth-order valence-corrected chi connectivity index (χ4v) is 6.47. The number of aliphatic imine (C=N–C) groups is 2. The minimum absolute atomic E-state index is 0.0351. The van der Waals surface area contributed by atoms with E-state index in [1.165, 1.54) is 31.2 Å². The molecule has 0 aliphatic rings. The van der Waals surface area contributed by atoms with Crippen LogP contribution in [0.5, 0.6) is 5.75 Å². The molecule has 6 amide bonds. The number of benzene rings is 1. The number of nitrogens with two attached hydrogens (primary N) is 8. The van der Waals surface area contributed by atoms with Crippen molar-refractivity contribution in [1.29, 1.82) is 0 Å². The van der Waals surface area contributed by atoms with E-state index >= 15 is 0 Å². The Kier molecular flexibility index (Phi) is 28.4. The first-order valence-corrected chi connectivity index (χ1v) is 22.3. The van der Waals surface area contributed by atoms with Crippen molar-refractivity contribution >= 4 is 53.3 Å². The smallest absolute Gasteiger partial charge is 0.326 e. The third-order valence-corrected chi connectivity index (χ3v) is 10.2. The number of rotatable bonds is 34. The predicted molar refractivity (Wildman–Crippen MR) is 251 cm³/mol. The number of nitrogens with zero attached hydrogens (tertiary/aromatic N) is 2. The van der Waals surface area contributed by atoms with E-state index < -0.39 is 102 Å². The normalized spacial score (nSPS) is 15.0. The molecule has 0 aliphatic heterocycles. The van der Waals surface area contributed by atoms with Crippen LogP contribution in [0.25, 0.3) is 0 Å². The van der Waals surface area contributed by atoms with Gasteiger partial charge in [0.25, 0.3) is 0 Å². The van der Waals surface area contributed by atoms with Crippen molar-refractivity contribution in [2.75, 3.05) is 32.7 Å². The summed E-state index contributed by atoms with van der Waals surface area (Å²) in [4.78, 5) is 102. The predicted octanol–water partition coefficient (Wildman–Crippen LogP) is -6.68. The van der Waals surface area contributed by atoms with Gasteiger partial charge in [0.2, 0.25) is 35.4 Å². The zero-order valence-corrected chi connectivity index (χ0v) is 38.5. The second kappa shape index (κ2) is 32.3. The lowest BCUT2D eigenvalue weighted by Crippen LogP contribution is -2.62. The Morgan fingerprint density at radius 3 is 1.51 bits per heavy atom. The number of phenols is 1. The molecule has 1 unspecified atom stereocenters. The number of aliphatic carboxylic acids is 1. The summed E-state index contributed by atoms with van der Waals surface area (Å²) in [5, 5.41) is 55.8. The van der Waals surface area contributed by atoms with E-state index in [0.717, 1.165) is 0 Å². The first-order valence-electron chi connectivity index (χ1n) is 22.3. The van der Waals surface area contributed by atoms with Crippen LogP contribution >= 0.6 is 0 Å². The summed E-state index contributed by atoms with van der Waals surface area (Å²) in [5.74, 6) is -7.36. The number of hydrogen-bond donors (Lipinski definition) is 18. The Hall–Kier alpha value is -6.39. The topological polar surface area (TPSA) is 505 Å². The van der Waals surface area contributed by atoms with E-state index in [2.05, 4.69) is 41.9 Å². The number of aromatic hydroxyl groups is 1. The summed E-state index contributed by atoms with van der Waals surface area (Å²) in [6, 6.07) is -4.21. The number of amides is 6. The molecule has 384 valence electrons. The lowest BCUT2D eigenvalue weighted by atomic mass is 10.0. The maximum atomic E-state index is 13.9. The van der Waals surface area contributed by atoms with Gasteiger partial charge >= 0.3 is 5.97 Å². The molecular formula is C41H74N16O11. The van der Waals surface area contributed by atoms with E-state index in [4.69, 9.17) is 45.9 Å². The van der Waals surface area contributed by atoms with Crippen LogP contribution in [-0.2, 0) is 40.0 Å². The fraction of sp³-hybridized carbons (Fsp3) is 0.634. The molecule has 1 rings (SSSR count). The summed E-state index contributed by atoms with van der Waals surface area (Å²) in [7, 11) is 0. The molecule has 0 heterocycles. The molecule has 1 aromatic rings. The summed E-state index contributed by atoms with van der Waals surface area (Å²) < 4.78 is 0. The average Bonchev–Trinajstić information content (AvgIpc) is 3.28. The van der Waals surface area contributed by atoms with Gasteiger partial charge in [-0.2, -0.15) is 0 Å². The van der Waals surface area contributed by atoms with Crippen LogP contribution in [-0.4, -0.2) is 161 Å². The fourth-order valence-electron chi connectivity index (χ4n) is 6.47. The number of unbranched alkanes of at least 4 members (excludes halogenated alkanes) is 1. The minimum Gasteiger partial charge on any atom is -0.508 e. The molecule has 0 aromatic heterocycles. The van der Waals surface area contributed by atoms with Crippen molar-refractivity contribution in [3.05, 3.63) is 29.8 Å². The van der Waals surface area contributed by atoms with Gasteiger partial charge in [-0.3, -0.25) is 38.8 Å². The van der Waals surface area contributed by atoms with E-state index in [9.17, 15) is 54.0 Å². The first kappa shape index (κ1) is 59.6. The SMILES string of the molecule is C[C@@H](O)[C@H](NC(=O)[C@H](CCCN)NC(=O)[C@H](CC(O)CN=C(N)N)NC(=O)[C@@H](N)CCCN=C(N)N)C(=O)N[C@@H](CCCN)C(=O)N[C@@H](CCCCN)C(=O)N[C@@H](Cc1ccc(O)cc1)C(=O)O. The molecule has 0 fully saturated rings. The highest BCUT2D eigenvalue weighted by molar-refractivity contribution is 5.97. The molecule has 68 heavy (non-hydrogen) atoms. The average molecular weight is 967 g/mol. The number of carbonyl (C=O) groups is 7. The number of phenolic OH excluding ortho intramolecular Hbond substituents is 1. The van der Waals surface area contributed by atoms with Crippen molar-refractivity contribution in [3.8, 4) is 5.75 Å². The Labute approximate surface area is 394 Å². The van der Waals surface area contributed by atoms with Crippen molar-refractivity contribution in [2.24, 2.45) is 55.9 Å². The number of guanidine groups is 2. The Bertz CT molecular complexity index is 1810. The third-order valence-electron chi connectivity index (χ3n) is 10.2. The molecule has 9 atom stereocenters. The summed E-state index contributed by atoms with van der Waals surface area (Å²) in [5.41, 5.74) is 45.1. The maximum Gasteiger partial charge on any atom is 0.326 e. The number of aliphatic hydroxyl groups excluding tert-OH is 2. The van der Waals surface area contributed by atoms with Crippen molar-refractivity contribution in [3.63, 3.8) is 0 Å². The molecule has 26 N–H and O–H groups in total. The minimum atomic E-state index is -1.73. The van der Waals surface area contributed by atoms with Gasteiger partial charge in [-0.05, 0) is 102 Å². The molecule has 0 saturated carbocycles. The zero-order valence-electron chi connectivity index (χ0n) is 38.5. The van der Waals surface area contributed by atoms with Crippen molar-refractivity contribution < 1.29 is 54.0 Å². The maximum absolute atomic E-state index is 13.9. The number of nitrogens with one attached hydrogen (secondary N) is 6. The van der Waals surface area contributed by atoms with Crippen LogP contribution in [0.4, 0.5) is 0 Å². The van der Waals surface area contributed by atoms with Gasteiger partial charge in [0.05, 0.1) is 24.8 Å². The summed E-state index contributed by atoms with van der Waals surface area (Å²) in [6.45, 7) is 1.41.